The Morgan fingerprint density at radius 3 is 3.06 bits per heavy atom. The lowest BCUT2D eigenvalue weighted by Crippen LogP contribution is -2.41. The predicted molar refractivity (Wildman–Crippen MR) is 74.0 cm³/mol. The summed E-state index contributed by atoms with van der Waals surface area (Å²) in [6.45, 7) is 0.969. The van der Waals surface area contributed by atoms with Crippen molar-refractivity contribution in [2.24, 2.45) is 0 Å². The second kappa shape index (κ2) is 5.16. The molecule has 1 saturated heterocycles. The monoisotopic (exact) mass is 260 g/mol. The van der Waals surface area contributed by atoms with E-state index in [-0.39, 0.29) is 11.8 Å². The first-order chi connectivity index (χ1) is 8.83. The molecule has 1 atom stereocenters. The molecule has 3 nitrogen and oxygen atoms in total. The van der Waals surface area contributed by atoms with Crippen molar-refractivity contribution in [2.45, 2.75) is 31.7 Å². The molecule has 1 N–H and O–H groups in total. The highest BCUT2D eigenvalue weighted by molar-refractivity contribution is 7.18. The first-order valence-electron chi connectivity index (χ1n) is 6.43. The van der Waals surface area contributed by atoms with Crippen molar-refractivity contribution in [3.05, 3.63) is 29.3 Å². The predicted octanol–water partition coefficient (Wildman–Crippen LogP) is 2.55. The van der Waals surface area contributed by atoms with E-state index in [1.54, 1.807) is 11.3 Å². The van der Waals surface area contributed by atoms with Crippen LogP contribution in [0.15, 0.2) is 24.3 Å². The number of hydrogen-bond donors (Lipinski definition) is 1. The second-order valence-corrected chi connectivity index (χ2v) is 5.84. The van der Waals surface area contributed by atoms with Gasteiger partial charge in [0.1, 0.15) is 5.01 Å². The molecule has 1 aromatic heterocycles. The van der Waals surface area contributed by atoms with E-state index < -0.39 is 0 Å². The van der Waals surface area contributed by atoms with Crippen molar-refractivity contribution in [3.8, 4) is 0 Å². The Morgan fingerprint density at radius 2 is 2.28 bits per heavy atom. The van der Waals surface area contributed by atoms with E-state index in [9.17, 15) is 4.79 Å². The normalized spacial score (nSPS) is 20.1. The van der Waals surface area contributed by atoms with E-state index in [1.165, 1.54) is 6.42 Å². The molecule has 4 heteroatoms. The van der Waals surface area contributed by atoms with Crippen molar-refractivity contribution in [3.63, 3.8) is 0 Å². The van der Waals surface area contributed by atoms with Crippen LogP contribution in [0, 0.1) is 0 Å². The molecule has 0 radical (unpaired) electrons. The number of fused-ring (bicyclic) bond motifs is 1. The lowest BCUT2D eigenvalue weighted by molar-refractivity contribution is -0.120. The number of carbonyl (C=O) groups is 1. The van der Waals surface area contributed by atoms with Gasteiger partial charge in [-0.3, -0.25) is 4.79 Å². The van der Waals surface area contributed by atoms with E-state index in [0.29, 0.717) is 6.42 Å². The van der Waals surface area contributed by atoms with Crippen LogP contribution in [0.25, 0.3) is 10.2 Å². The van der Waals surface area contributed by atoms with E-state index in [4.69, 9.17) is 0 Å². The van der Waals surface area contributed by atoms with Crippen molar-refractivity contribution in [1.82, 2.24) is 10.3 Å². The number of piperidine rings is 1. The highest BCUT2D eigenvalue weighted by Gasteiger charge is 2.21. The van der Waals surface area contributed by atoms with Gasteiger partial charge in [-0.15, -0.1) is 11.3 Å². The summed E-state index contributed by atoms with van der Waals surface area (Å²) in [4.78, 5) is 16.7. The van der Waals surface area contributed by atoms with Gasteiger partial charge < -0.3 is 5.32 Å². The van der Waals surface area contributed by atoms with E-state index in [2.05, 4.69) is 16.4 Å². The van der Waals surface area contributed by atoms with Crippen LogP contribution in [0.3, 0.4) is 0 Å². The summed E-state index contributed by atoms with van der Waals surface area (Å²) in [6, 6.07) is 8.09. The minimum atomic E-state index is 0.0470. The lowest BCUT2D eigenvalue weighted by Gasteiger charge is -2.21. The summed E-state index contributed by atoms with van der Waals surface area (Å²) in [6.07, 6.45) is 3.79. The molecule has 18 heavy (non-hydrogen) atoms. The van der Waals surface area contributed by atoms with E-state index in [1.807, 2.05) is 18.2 Å². The first-order valence-corrected chi connectivity index (χ1v) is 7.25. The van der Waals surface area contributed by atoms with Crippen LogP contribution in [0.1, 0.15) is 24.3 Å². The number of Topliss-reactive ketones (excluding diaryl/α,β-unsaturated/α-hetero) is 1. The number of hydrogen-bond acceptors (Lipinski definition) is 4. The van der Waals surface area contributed by atoms with Crippen LogP contribution < -0.4 is 5.32 Å². The molecular weight excluding hydrogens is 244 g/mol. The van der Waals surface area contributed by atoms with E-state index in [0.717, 1.165) is 34.6 Å². The molecule has 2 heterocycles. The molecule has 1 unspecified atom stereocenters. The van der Waals surface area contributed by atoms with Crippen LogP contribution in [-0.2, 0) is 11.2 Å². The SMILES string of the molecule is O=C(Cc1nc2ccccc2s1)C1CCCCN1. The minimum absolute atomic E-state index is 0.0470. The first kappa shape index (κ1) is 11.8. The van der Waals surface area contributed by atoms with Gasteiger partial charge >= 0.3 is 0 Å². The Balaban J connectivity index is 1.73. The molecular formula is C14H16N2OS. The average molecular weight is 260 g/mol. The lowest BCUT2D eigenvalue weighted by atomic mass is 10.00. The zero-order valence-electron chi connectivity index (χ0n) is 10.2. The third-order valence-corrected chi connectivity index (χ3v) is 4.40. The molecule has 1 fully saturated rings. The maximum atomic E-state index is 12.1. The fourth-order valence-corrected chi connectivity index (χ4v) is 3.37. The third kappa shape index (κ3) is 2.44. The van der Waals surface area contributed by atoms with Crippen molar-refractivity contribution < 1.29 is 4.79 Å². The van der Waals surface area contributed by atoms with E-state index >= 15 is 0 Å². The summed E-state index contributed by atoms with van der Waals surface area (Å²) in [5.41, 5.74) is 1.00. The maximum Gasteiger partial charge on any atom is 0.156 e. The van der Waals surface area contributed by atoms with Gasteiger partial charge in [0.05, 0.1) is 22.7 Å². The minimum Gasteiger partial charge on any atom is -0.307 e. The maximum absolute atomic E-state index is 12.1. The second-order valence-electron chi connectivity index (χ2n) is 4.72. The van der Waals surface area contributed by atoms with Crippen LogP contribution in [0.4, 0.5) is 0 Å². The Bertz CT molecular complexity index is 525. The molecule has 2 aromatic rings. The summed E-state index contributed by atoms with van der Waals surface area (Å²) < 4.78 is 1.16. The standard InChI is InChI=1S/C14H16N2OS/c17-12(10-5-3-4-8-15-10)9-14-16-11-6-1-2-7-13(11)18-14/h1-2,6-7,10,15H,3-5,8-9H2. The van der Waals surface area contributed by atoms with Gasteiger partial charge in [-0.25, -0.2) is 4.98 Å². The number of carbonyl (C=O) groups excluding carboxylic acids is 1. The molecule has 0 bridgehead atoms. The number of nitrogens with zero attached hydrogens (tertiary/aromatic N) is 1. The van der Waals surface area contributed by atoms with Crippen LogP contribution in [0.2, 0.25) is 0 Å². The number of aromatic nitrogens is 1. The Labute approximate surface area is 110 Å². The molecule has 1 aromatic carbocycles. The largest absolute Gasteiger partial charge is 0.307 e. The number of para-hydroxylation sites is 1. The van der Waals surface area contributed by atoms with Crippen molar-refractivity contribution in [1.29, 1.82) is 0 Å². The summed E-state index contributed by atoms with van der Waals surface area (Å²) >= 11 is 1.63. The zero-order chi connectivity index (χ0) is 12.4. The molecule has 94 valence electrons. The summed E-state index contributed by atoms with van der Waals surface area (Å²) in [7, 11) is 0. The van der Waals surface area contributed by atoms with Gasteiger partial charge in [0.25, 0.3) is 0 Å². The van der Waals surface area contributed by atoms with Crippen LogP contribution in [0.5, 0.6) is 0 Å². The highest BCUT2D eigenvalue weighted by Crippen LogP contribution is 2.22. The summed E-state index contributed by atoms with van der Waals surface area (Å²) in [5.74, 6) is 0.286. The Morgan fingerprint density at radius 1 is 1.39 bits per heavy atom. The number of nitrogens with one attached hydrogen (secondary N) is 1. The Hall–Kier alpha value is -1.26. The molecule has 1 aliphatic rings. The summed E-state index contributed by atoms with van der Waals surface area (Å²) in [5, 5.41) is 4.24. The van der Waals surface area contributed by atoms with Gasteiger partial charge in [-0.05, 0) is 31.5 Å². The number of ketones is 1. The Kier molecular flexibility index (Phi) is 3.39. The van der Waals surface area contributed by atoms with Gasteiger partial charge in [-0.2, -0.15) is 0 Å². The van der Waals surface area contributed by atoms with Gasteiger partial charge in [0.2, 0.25) is 0 Å². The quantitative estimate of drug-likeness (QED) is 0.922. The molecule has 1 aliphatic heterocycles. The molecule has 0 spiro atoms. The fourth-order valence-electron chi connectivity index (χ4n) is 2.39. The van der Waals surface area contributed by atoms with Gasteiger partial charge in [-0.1, -0.05) is 18.6 Å². The van der Waals surface area contributed by atoms with Gasteiger partial charge in [0.15, 0.2) is 5.78 Å². The third-order valence-electron chi connectivity index (χ3n) is 3.36. The number of thiazole rings is 1. The molecule has 0 amide bonds. The smallest absolute Gasteiger partial charge is 0.156 e. The number of rotatable bonds is 3. The highest BCUT2D eigenvalue weighted by atomic mass is 32.1. The van der Waals surface area contributed by atoms with Gasteiger partial charge in [0, 0.05) is 0 Å². The topological polar surface area (TPSA) is 42.0 Å². The van der Waals surface area contributed by atoms with Crippen molar-refractivity contribution >= 4 is 27.3 Å². The molecule has 0 aliphatic carbocycles. The van der Waals surface area contributed by atoms with Crippen molar-refractivity contribution in [2.75, 3.05) is 6.54 Å². The molecule has 0 saturated carbocycles. The molecule has 3 rings (SSSR count). The van der Waals surface area contributed by atoms with Crippen LogP contribution in [-0.4, -0.2) is 23.4 Å². The zero-order valence-corrected chi connectivity index (χ0v) is 11.0. The number of benzene rings is 1. The van der Waals surface area contributed by atoms with Crippen LogP contribution >= 0.6 is 11.3 Å². The average Bonchev–Trinajstić information content (AvgIpc) is 2.82. The fraction of sp³-hybridized carbons (Fsp3) is 0.429.